The second kappa shape index (κ2) is 4.07. The van der Waals surface area contributed by atoms with Crippen LogP contribution in [0.4, 0.5) is 4.39 Å². The van der Waals surface area contributed by atoms with Crippen molar-refractivity contribution in [2.45, 2.75) is 6.92 Å². The van der Waals surface area contributed by atoms with Crippen LogP contribution < -0.4 is 0 Å². The van der Waals surface area contributed by atoms with Crippen LogP contribution in [0.15, 0.2) is 12.1 Å². The van der Waals surface area contributed by atoms with Gasteiger partial charge >= 0.3 is 0 Å². The van der Waals surface area contributed by atoms with Crippen LogP contribution >= 0.6 is 23.2 Å². The summed E-state index contributed by atoms with van der Waals surface area (Å²) in [5.41, 5.74) is 0.552. The van der Waals surface area contributed by atoms with Crippen molar-refractivity contribution in [3.05, 3.63) is 34.1 Å². The Bertz CT molecular complexity index is 326. The van der Waals surface area contributed by atoms with Crippen LogP contribution in [-0.2, 0) is 0 Å². The second-order valence-corrected chi connectivity index (χ2v) is 3.30. The van der Waals surface area contributed by atoms with Crippen LogP contribution in [0.25, 0.3) is 0 Å². The fraction of sp³-hybridized carbons (Fsp3) is 0.222. The molecule has 13 heavy (non-hydrogen) atoms. The lowest BCUT2D eigenvalue weighted by molar-refractivity contribution is 0.102. The van der Waals surface area contributed by atoms with Gasteiger partial charge in [-0.3, -0.25) is 4.79 Å². The number of hydrogen-bond donors (Lipinski definition) is 0. The molecule has 1 rings (SSSR count). The molecule has 0 saturated heterocycles. The van der Waals surface area contributed by atoms with Gasteiger partial charge in [0.25, 0.3) is 0 Å². The van der Waals surface area contributed by atoms with Crippen molar-refractivity contribution in [1.82, 2.24) is 0 Å². The number of halogens is 3. The van der Waals surface area contributed by atoms with Crippen LogP contribution in [0.2, 0.25) is 5.02 Å². The smallest absolute Gasteiger partial charge is 0.177 e. The van der Waals surface area contributed by atoms with E-state index in [1.807, 2.05) is 0 Å². The average molecular weight is 221 g/mol. The molecule has 4 heteroatoms. The molecule has 0 heterocycles. The third-order valence-corrected chi connectivity index (χ3v) is 2.36. The minimum Gasteiger partial charge on any atom is -0.293 e. The highest BCUT2D eigenvalue weighted by Crippen LogP contribution is 2.20. The van der Waals surface area contributed by atoms with E-state index in [9.17, 15) is 9.18 Å². The minimum atomic E-state index is -0.485. The van der Waals surface area contributed by atoms with E-state index < -0.39 is 5.82 Å². The van der Waals surface area contributed by atoms with Crippen molar-refractivity contribution in [3.8, 4) is 0 Å². The molecular formula is C9H7Cl2FO. The molecule has 1 aromatic rings. The number of rotatable bonds is 2. The fourth-order valence-electron chi connectivity index (χ4n) is 0.883. The minimum absolute atomic E-state index is 0.168. The van der Waals surface area contributed by atoms with E-state index in [0.29, 0.717) is 5.56 Å². The summed E-state index contributed by atoms with van der Waals surface area (Å²) in [6.07, 6.45) is 0. The summed E-state index contributed by atoms with van der Waals surface area (Å²) in [5, 5.41) is 0.244. The predicted molar refractivity (Wildman–Crippen MR) is 51.2 cm³/mol. The topological polar surface area (TPSA) is 17.1 Å². The first kappa shape index (κ1) is 10.5. The Hall–Kier alpha value is -0.600. The van der Waals surface area contributed by atoms with Gasteiger partial charge in [-0.2, -0.15) is 0 Å². The molecule has 0 N–H and O–H groups in total. The Kier molecular flexibility index (Phi) is 3.28. The van der Waals surface area contributed by atoms with Gasteiger partial charge in [-0.25, -0.2) is 4.39 Å². The lowest BCUT2D eigenvalue weighted by atomic mass is 10.1. The van der Waals surface area contributed by atoms with Crippen LogP contribution in [-0.4, -0.2) is 11.7 Å². The normalized spacial score (nSPS) is 10.2. The molecule has 1 nitrogen and oxygen atoms in total. The number of ketones is 1. The maximum atomic E-state index is 13.1. The third-order valence-electron chi connectivity index (χ3n) is 1.72. The van der Waals surface area contributed by atoms with Crippen molar-refractivity contribution >= 4 is 29.0 Å². The Morgan fingerprint density at radius 2 is 2.15 bits per heavy atom. The molecule has 70 valence electrons. The quantitative estimate of drug-likeness (QED) is 0.553. The molecule has 1 aromatic carbocycles. The molecule has 0 aliphatic carbocycles. The van der Waals surface area contributed by atoms with Crippen molar-refractivity contribution in [1.29, 1.82) is 0 Å². The molecule has 0 fully saturated rings. The molecule has 0 saturated carbocycles. The Balaban J connectivity index is 3.20. The summed E-state index contributed by atoms with van der Waals surface area (Å²) in [5.74, 6) is -0.984. The number of alkyl halides is 1. The zero-order valence-electron chi connectivity index (χ0n) is 6.90. The van der Waals surface area contributed by atoms with Crippen LogP contribution in [0.3, 0.4) is 0 Å². The van der Waals surface area contributed by atoms with Crippen molar-refractivity contribution in [3.63, 3.8) is 0 Å². The fourth-order valence-corrected chi connectivity index (χ4v) is 1.25. The highest BCUT2D eigenvalue weighted by Gasteiger charge is 2.10. The van der Waals surface area contributed by atoms with E-state index in [0.717, 1.165) is 6.07 Å². The van der Waals surface area contributed by atoms with Crippen molar-refractivity contribution < 1.29 is 9.18 Å². The maximum absolute atomic E-state index is 13.1. The highest BCUT2D eigenvalue weighted by molar-refractivity contribution is 6.33. The first-order valence-electron chi connectivity index (χ1n) is 3.61. The molecule has 0 aliphatic rings. The largest absolute Gasteiger partial charge is 0.293 e. The summed E-state index contributed by atoms with van der Waals surface area (Å²) >= 11 is 11.0. The predicted octanol–water partition coefficient (Wildman–Crippen LogP) is 3.21. The summed E-state index contributed by atoms with van der Waals surface area (Å²) < 4.78 is 13.1. The summed E-state index contributed by atoms with van der Waals surface area (Å²) in [6, 6.07) is 2.57. The maximum Gasteiger partial charge on any atom is 0.177 e. The van der Waals surface area contributed by atoms with E-state index in [4.69, 9.17) is 23.2 Å². The van der Waals surface area contributed by atoms with Gasteiger partial charge in [0.05, 0.1) is 5.88 Å². The monoisotopic (exact) mass is 220 g/mol. The van der Waals surface area contributed by atoms with E-state index >= 15 is 0 Å². The van der Waals surface area contributed by atoms with Crippen molar-refractivity contribution in [2.75, 3.05) is 5.88 Å². The van der Waals surface area contributed by atoms with Gasteiger partial charge in [0.15, 0.2) is 5.78 Å². The molecule has 0 aliphatic heterocycles. The van der Waals surface area contributed by atoms with E-state index in [1.54, 1.807) is 6.92 Å². The zero-order chi connectivity index (χ0) is 10.0. The average Bonchev–Trinajstić information content (AvgIpc) is 2.12. The molecule has 0 atom stereocenters. The zero-order valence-corrected chi connectivity index (χ0v) is 8.42. The van der Waals surface area contributed by atoms with E-state index in [1.165, 1.54) is 6.07 Å². The number of carbonyl (C=O) groups is 1. The molecule has 0 unspecified atom stereocenters. The van der Waals surface area contributed by atoms with Gasteiger partial charge < -0.3 is 0 Å². The second-order valence-electron chi connectivity index (χ2n) is 2.62. The number of hydrogen-bond acceptors (Lipinski definition) is 1. The van der Waals surface area contributed by atoms with Crippen molar-refractivity contribution in [2.24, 2.45) is 0 Å². The summed E-state index contributed by atoms with van der Waals surface area (Å²) in [4.78, 5) is 11.1. The van der Waals surface area contributed by atoms with Gasteiger partial charge in [0.1, 0.15) is 5.82 Å². The standard InChI is InChI=1S/C9H7Cl2FO/c1-5-7(11)2-6(3-8(5)12)9(13)4-10/h2-3H,4H2,1H3. The van der Waals surface area contributed by atoms with Gasteiger partial charge in [0.2, 0.25) is 0 Å². The number of Topliss-reactive ketones (excluding diaryl/α,β-unsaturated/α-hetero) is 1. The lowest BCUT2D eigenvalue weighted by Crippen LogP contribution is -2.01. The Morgan fingerprint density at radius 1 is 1.54 bits per heavy atom. The van der Waals surface area contributed by atoms with E-state index in [-0.39, 0.29) is 22.2 Å². The third kappa shape index (κ3) is 2.20. The first-order chi connectivity index (χ1) is 6.06. The summed E-state index contributed by atoms with van der Waals surface area (Å²) in [6.45, 7) is 1.55. The van der Waals surface area contributed by atoms with E-state index in [2.05, 4.69) is 0 Å². The number of carbonyl (C=O) groups excluding carboxylic acids is 1. The highest BCUT2D eigenvalue weighted by atomic mass is 35.5. The molecule has 0 radical (unpaired) electrons. The van der Waals surface area contributed by atoms with Gasteiger partial charge in [-0.1, -0.05) is 11.6 Å². The molecule has 0 amide bonds. The van der Waals surface area contributed by atoms with Gasteiger partial charge in [-0.05, 0) is 19.1 Å². The van der Waals surface area contributed by atoms with Crippen LogP contribution in [0.5, 0.6) is 0 Å². The Morgan fingerprint density at radius 3 is 2.62 bits per heavy atom. The van der Waals surface area contributed by atoms with Crippen LogP contribution in [0.1, 0.15) is 15.9 Å². The first-order valence-corrected chi connectivity index (χ1v) is 4.52. The SMILES string of the molecule is Cc1c(F)cc(C(=O)CCl)cc1Cl. The molecule has 0 spiro atoms. The van der Waals surface area contributed by atoms with Crippen LogP contribution in [0, 0.1) is 12.7 Å². The molecule has 0 aromatic heterocycles. The molecule has 0 bridgehead atoms. The Labute approximate surface area is 85.5 Å². The molecular weight excluding hydrogens is 214 g/mol. The van der Waals surface area contributed by atoms with Gasteiger partial charge in [-0.15, -0.1) is 11.6 Å². The number of benzene rings is 1. The van der Waals surface area contributed by atoms with Gasteiger partial charge in [0, 0.05) is 16.1 Å². The summed E-state index contributed by atoms with van der Waals surface area (Å²) in [7, 11) is 0. The lowest BCUT2D eigenvalue weighted by Gasteiger charge is -2.02.